The van der Waals surface area contributed by atoms with E-state index in [1.165, 1.54) is 0 Å². The quantitative estimate of drug-likeness (QED) is 0.944. The van der Waals surface area contributed by atoms with Gasteiger partial charge in [0.15, 0.2) is 0 Å². The molecule has 0 bridgehead atoms. The molecule has 1 unspecified atom stereocenters. The number of aryl methyl sites for hydroxylation is 1. The number of hydrogen-bond acceptors (Lipinski definition) is 2. The molecule has 0 radical (unpaired) electrons. The Morgan fingerprint density at radius 1 is 1.42 bits per heavy atom. The Bertz CT molecular complexity index is 706. The lowest BCUT2D eigenvalue weighted by atomic mass is 10.0. The number of carboxylic acid groups (broad SMARTS) is 1. The van der Waals surface area contributed by atoms with E-state index >= 15 is 0 Å². The molecule has 2 rings (SSSR count). The number of aliphatic carboxylic acids is 1. The molecular weight excluding hydrogens is 310 g/mol. The van der Waals surface area contributed by atoms with Crippen molar-refractivity contribution < 1.29 is 9.90 Å². The fourth-order valence-corrected chi connectivity index (χ4v) is 2.46. The van der Waals surface area contributed by atoms with E-state index in [9.17, 15) is 9.59 Å². The van der Waals surface area contributed by atoms with Crippen molar-refractivity contribution in [2.24, 2.45) is 13.0 Å². The first-order valence-corrected chi connectivity index (χ1v) is 6.70. The van der Waals surface area contributed by atoms with Gasteiger partial charge in [-0.3, -0.25) is 9.59 Å². The largest absolute Gasteiger partial charge is 0.481 e. The third-order valence-electron chi connectivity index (χ3n) is 3.21. The number of carbonyl (C=O) groups is 1. The number of fused-ring (bicyclic) bond motifs is 1. The molecule has 0 aliphatic heterocycles. The molecule has 2 aromatic rings. The molecule has 0 saturated heterocycles. The van der Waals surface area contributed by atoms with E-state index in [0.717, 1.165) is 15.4 Å². The van der Waals surface area contributed by atoms with Crippen molar-refractivity contribution in [3.8, 4) is 0 Å². The van der Waals surface area contributed by atoms with Crippen LogP contribution in [-0.4, -0.2) is 15.6 Å². The summed E-state index contributed by atoms with van der Waals surface area (Å²) in [6.07, 6.45) is 0.241. The summed E-state index contributed by atoms with van der Waals surface area (Å²) in [6.45, 7) is 1.60. The van der Waals surface area contributed by atoms with E-state index in [-0.39, 0.29) is 12.0 Å². The van der Waals surface area contributed by atoms with Crippen LogP contribution in [0, 0.1) is 5.92 Å². The van der Waals surface area contributed by atoms with Crippen molar-refractivity contribution in [2.45, 2.75) is 13.3 Å². The van der Waals surface area contributed by atoms with Crippen LogP contribution in [0.15, 0.2) is 33.5 Å². The monoisotopic (exact) mass is 323 g/mol. The molecule has 0 spiro atoms. The minimum atomic E-state index is -0.892. The summed E-state index contributed by atoms with van der Waals surface area (Å²) in [5.41, 5.74) is 1.23. The Labute approximate surface area is 118 Å². The lowest BCUT2D eigenvalue weighted by Gasteiger charge is -2.11. The number of rotatable bonds is 3. The van der Waals surface area contributed by atoms with Crippen LogP contribution in [0.2, 0.25) is 0 Å². The maximum Gasteiger partial charge on any atom is 0.306 e. The van der Waals surface area contributed by atoms with Gasteiger partial charge in [-0.15, -0.1) is 0 Å². The summed E-state index contributed by atoms with van der Waals surface area (Å²) in [7, 11) is 1.70. The molecule has 0 aliphatic carbocycles. The number of halogens is 1. The van der Waals surface area contributed by atoms with Crippen molar-refractivity contribution in [2.75, 3.05) is 0 Å². The van der Waals surface area contributed by atoms with Gasteiger partial charge in [0.1, 0.15) is 0 Å². The van der Waals surface area contributed by atoms with Gasteiger partial charge in [-0.25, -0.2) is 0 Å². The summed E-state index contributed by atoms with van der Waals surface area (Å²) in [4.78, 5) is 23.1. The van der Waals surface area contributed by atoms with Gasteiger partial charge < -0.3 is 9.67 Å². The van der Waals surface area contributed by atoms with Crippen LogP contribution in [0.25, 0.3) is 10.9 Å². The van der Waals surface area contributed by atoms with E-state index in [1.807, 2.05) is 18.2 Å². The summed E-state index contributed by atoms with van der Waals surface area (Å²) in [6, 6.07) is 7.44. The van der Waals surface area contributed by atoms with E-state index in [0.29, 0.717) is 5.56 Å². The van der Waals surface area contributed by atoms with Gasteiger partial charge in [-0.1, -0.05) is 22.9 Å². The Hall–Kier alpha value is -1.62. The molecule has 5 heteroatoms. The average molecular weight is 324 g/mol. The molecule has 100 valence electrons. The minimum absolute atomic E-state index is 0.136. The van der Waals surface area contributed by atoms with Gasteiger partial charge in [-0.05, 0) is 36.1 Å². The fourth-order valence-electron chi connectivity index (χ4n) is 2.08. The smallest absolute Gasteiger partial charge is 0.306 e. The number of pyridine rings is 1. The fraction of sp³-hybridized carbons (Fsp3) is 0.286. The minimum Gasteiger partial charge on any atom is -0.481 e. The zero-order valence-corrected chi connectivity index (χ0v) is 12.3. The van der Waals surface area contributed by atoms with Gasteiger partial charge in [0.25, 0.3) is 5.56 Å². The van der Waals surface area contributed by atoms with Gasteiger partial charge in [-0.2, -0.15) is 0 Å². The highest BCUT2D eigenvalue weighted by atomic mass is 79.9. The first-order chi connectivity index (χ1) is 8.90. The van der Waals surface area contributed by atoms with Crippen molar-refractivity contribution in [1.82, 2.24) is 4.57 Å². The molecule has 19 heavy (non-hydrogen) atoms. The standard InChI is InChI=1S/C14H14BrNO3/c1-8(14(18)19)5-10-6-9-7-11(15)3-4-12(9)16(2)13(10)17/h3-4,6-8H,5H2,1-2H3,(H,18,19). The highest BCUT2D eigenvalue weighted by molar-refractivity contribution is 9.10. The molecule has 1 N–H and O–H groups in total. The molecule has 4 nitrogen and oxygen atoms in total. The topological polar surface area (TPSA) is 59.3 Å². The number of hydrogen-bond donors (Lipinski definition) is 1. The average Bonchev–Trinajstić information content (AvgIpc) is 2.35. The van der Waals surface area contributed by atoms with Gasteiger partial charge in [0.2, 0.25) is 0 Å². The zero-order chi connectivity index (χ0) is 14.2. The number of carboxylic acids is 1. The van der Waals surface area contributed by atoms with Gasteiger partial charge >= 0.3 is 5.97 Å². The predicted molar refractivity (Wildman–Crippen MR) is 77.4 cm³/mol. The Morgan fingerprint density at radius 3 is 2.74 bits per heavy atom. The van der Waals surface area contributed by atoms with Crippen molar-refractivity contribution >= 4 is 32.8 Å². The summed E-state index contributed by atoms with van der Waals surface area (Å²) < 4.78 is 2.49. The first kappa shape index (κ1) is 13.8. The molecular formula is C14H14BrNO3. The number of aromatic nitrogens is 1. The van der Waals surface area contributed by atoms with E-state index in [2.05, 4.69) is 15.9 Å². The summed E-state index contributed by atoms with van der Waals surface area (Å²) >= 11 is 3.39. The van der Waals surface area contributed by atoms with Crippen LogP contribution in [0.3, 0.4) is 0 Å². The van der Waals surface area contributed by atoms with E-state index < -0.39 is 11.9 Å². The molecule has 0 fully saturated rings. The molecule has 0 saturated carbocycles. The second kappa shape index (κ2) is 5.17. The van der Waals surface area contributed by atoms with Crippen LogP contribution in [0.4, 0.5) is 0 Å². The van der Waals surface area contributed by atoms with Crippen molar-refractivity contribution in [3.05, 3.63) is 44.7 Å². The van der Waals surface area contributed by atoms with Crippen LogP contribution in [0.1, 0.15) is 12.5 Å². The molecule has 1 aromatic carbocycles. The van der Waals surface area contributed by atoms with Crippen LogP contribution >= 0.6 is 15.9 Å². The SMILES string of the molecule is CC(Cc1cc2cc(Br)ccc2n(C)c1=O)C(=O)O. The third-order valence-corrected chi connectivity index (χ3v) is 3.70. The maximum atomic E-state index is 12.2. The van der Waals surface area contributed by atoms with Crippen molar-refractivity contribution in [3.63, 3.8) is 0 Å². The first-order valence-electron chi connectivity index (χ1n) is 5.91. The zero-order valence-electron chi connectivity index (χ0n) is 10.7. The Balaban J connectivity index is 2.59. The molecule has 1 aromatic heterocycles. The molecule has 0 aliphatic rings. The highest BCUT2D eigenvalue weighted by Gasteiger charge is 2.15. The van der Waals surface area contributed by atoms with Crippen LogP contribution in [-0.2, 0) is 18.3 Å². The Kier molecular flexibility index (Phi) is 3.75. The van der Waals surface area contributed by atoms with E-state index in [1.54, 1.807) is 24.6 Å². The third kappa shape index (κ3) is 2.71. The molecule has 0 amide bonds. The number of benzene rings is 1. The Morgan fingerprint density at radius 2 is 2.11 bits per heavy atom. The van der Waals surface area contributed by atoms with Crippen LogP contribution in [0.5, 0.6) is 0 Å². The van der Waals surface area contributed by atoms with Gasteiger partial charge in [0.05, 0.1) is 11.4 Å². The lowest BCUT2D eigenvalue weighted by Crippen LogP contribution is -2.24. The normalized spacial score (nSPS) is 12.6. The maximum absolute atomic E-state index is 12.2. The number of nitrogens with zero attached hydrogens (tertiary/aromatic N) is 1. The second-order valence-electron chi connectivity index (χ2n) is 4.68. The molecule has 1 heterocycles. The highest BCUT2D eigenvalue weighted by Crippen LogP contribution is 2.20. The van der Waals surface area contributed by atoms with E-state index in [4.69, 9.17) is 5.11 Å². The summed E-state index contributed by atoms with van der Waals surface area (Å²) in [5.74, 6) is -1.46. The van der Waals surface area contributed by atoms with Crippen LogP contribution < -0.4 is 5.56 Å². The molecule has 1 atom stereocenters. The second-order valence-corrected chi connectivity index (χ2v) is 5.60. The van der Waals surface area contributed by atoms with Gasteiger partial charge in [0, 0.05) is 17.1 Å². The van der Waals surface area contributed by atoms with Crippen molar-refractivity contribution in [1.29, 1.82) is 0 Å². The predicted octanol–water partition coefficient (Wildman–Crippen LogP) is 2.56. The lowest BCUT2D eigenvalue weighted by molar-refractivity contribution is -0.141. The summed E-state index contributed by atoms with van der Waals surface area (Å²) in [5, 5.41) is 9.86.